The van der Waals surface area contributed by atoms with Crippen LogP contribution in [0.5, 0.6) is 0 Å². The van der Waals surface area contributed by atoms with Crippen LogP contribution < -0.4 is 10.6 Å². The standard InChI is InChI=1S/C18H21N3O3/c1-13(2)11-20-18(22)15-6-4-7-16(10-15)19-12-14-5-3-8-17(9-14)21(23)24/h3-10,13,19H,11-12H2,1-2H3,(H,20,22). The summed E-state index contributed by atoms with van der Waals surface area (Å²) in [4.78, 5) is 22.5. The molecule has 0 atom stereocenters. The first kappa shape index (κ1) is 17.5. The lowest BCUT2D eigenvalue weighted by atomic mass is 10.1. The molecule has 1 amide bonds. The Kier molecular flexibility index (Phi) is 5.89. The summed E-state index contributed by atoms with van der Waals surface area (Å²) in [5.41, 5.74) is 2.24. The van der Waals surface area contributed by atoms with Crippen molar-refractivity contribution in [2.45, 2.75) is 20.4 Å². The number of benzene rings is 2. The molecule has 6 nitrogen and oxygen atoms in total. The topological polar surface area (TPSA) is 84.3 Å². The van der Waals surface area contributed by atoms with Gasteiger partial charge in [-0.2, -0.15) is 0 Å². The number of nitro groups is 1. The second-order valence-electron chi connectivity index (χ2n) is 5.97. The van der Waals surface area contributed by atoms with E-state index in [2.05, 4.69) is 10.6 Å². The molecule has 6 heteroatoms. The molecule has 0 aliphatic rings. The Balaban J connectivity index is 2.00. The molecule has 2 aromatic carbocycles. The van der Waals surface area contributed by atoms with E-state index < -0.39 is 4.92 Å². The fourth-order valence-electron chi connectivity index (χ4n) is 2.15. The lowest BCUT2D eigenvalue weighted by Crippen LogP contribution is -2.27. The number of amides is 1. The van der Waals surface area contributed by atoms with E-state index in [1.54, 1.807) is 24.3 Å². The number of nitrogens with zero attached hydrogens (tertiary/aromatic N) is 1. The van der Waals surface area contributed by atoms with Gasteiger partial charge in [-0.05, 0) is 29.7 Å². The Morgan fingerprint density at radius 2 is 1.92 bits per heavy atom. The quantitative estimate of drug-likeness (QED) is 0.601. The molecule has 2 aromatic rings. The van der Waals surface area contributed by atoms with Crippen LogP contribution in [-0.2, 0) is 6.54 Å². The number of non-ortho nitro benzene ring substituents is 1. The van der Waals surface area contributed by atoms with Crippen molar-refractivity contribution in [3.63, 3.8) is 0 Å². The third-order valence-electron chi connectivity index (χ3n) is 3.41. The number of nitrogens with one attached hydrogen (secondary N) is 2. The summed E-state index contributed by atoms with van der Waals surface area (Å²) >= 11 is 0. The third-order valence-corrected chi connectivity index (χ3v) is 3.41. The predicted octanol–water partition coefficient (Wildman–Crippen LogP) is 3.59. The van der Waals surface area contributed by atoms with Crippen molar-refractivity contribution >= 4 is 17.3 Å². The van der Waals surface area contributed by atoms with Gasteiger partial charge < -0.3 is 10.6 Å². The molecule has 0 saturated heterocycles. The number of carbonyl (C=O) groups is 1. The van der Waals surface area contributed by atoms with E-state index in [1.807, 2.05) is 26.0 Å². The Bertz CT molecular complexity index is 729. The summed E-state index contributed by atoms with van der Waals surface area (Å²) in [5, 5.41) is 16.9. The summed E-state index contributed by atoms with van der Waals surface area (Å²) in [6.07, 6.45) is 0. The summed E-state index contributed by atoms with van der Waals surface area (Å²) < 4.78 is 0. The van der Waals surface area contributed by atoms with Gasteiger partial charge in [-0.15, -0.1) is 0 Å². The summed E-state index contributed by atoms with van der Waals surface area (Å²) in [6, 6.07) is 13.7. The van der Waals surface area contributed by atoms with E-state index in [-0.39, 0.29) is 11.6 Å². The predicted molar refractivity (Wildman–Crippen MR) is 94.0 cm³/mol. The van der Waals surface area contributed by atoms with Crippen molar-refractivity contribution in [2.24, 2.45) is 5.92 Å². The molecule has 2 N–H and O–H groups in total. The van der Waals surface area contributed by atoms with Gasteiger partial charge in [0, 0.05) is 36.5 Å². The van der Waals surface area contributed by atoms with Crippen LogP contribution in [0.25, 0.3) is 0 Å². The number of rotatable bonds is 7. The highest BCUT2D eigenvalue weighted by molar-refractivity contribution is 5.95. The molecule has 24 heavy (non-hydrogen) atoms. The first-order valence-electron chi connectivity index (χ1n) is 7.81. The highest BCUT2D eigenvalue weighted by Crippen LogP contribution is 2.16. The zero-order chi connectivity index (χ0) is 17.5. The largest absolute Gasteiger partial charge is 0.381 e. The van der Waals surface area contributed by atoms with Crippen LogP contribution in [0.3, 0.4) is 0 Å². The van der Waals surface area contributed by atoms with Gasteiger partial charge in [-0.3, -0.25) is 14.9 Å². The van der Waals surface area contributed by atoms with Gasteiger partial charge in [-0.25, -0.2) is 0 Å². The van der Waals surface area contributed by atoms with Crippen LogP contribution in [0.15, 0.2) is 48.5 Å². The Morgan fingerprint density at radius 3 is 2.62 bits per heavy atom. The van der Waals surface area contributed by atoms with Crippen LogP contribution in [0, 0.1) is 16.0 Å². The summed E-state index contributed by atoms with van der Waals surface area (Å²) in [6.45, 7) is 5.15. The maximum Gasteiger partial charge on any atom is 0.269 e. The molecule has 2 rings (SSSR count). The van der Waals surface area contributed by atoms with Crippen molar-refractivity contribution in [3.8, 4) is 0 Å². The van der Waals surface area contributed by atoms with Gasteiger partial charge in [0.2, 0.25) is 0 Å². The molecule has 0 spiro atoms. The van der Waals surface area contributed by atoms with Gasteiger partial charge in [0.1, 0.15) is 0 Å². The van der Waals surface area contributed by atoms with Crippen LogP contribution in [-0.4, -0.2) is 17.4 Å². The Hall–Kier alpha value is -2.89. The van der Waals surface area contributed by atoms with E-state index in [0.717, 1.165) is 11.3 Å². The average Bonchev–Trinajstić information content (AvgIpc) is 2.58. The van der Waals surface area contributed by atoms with Crippen LogP contribution in [0.2, 0.25) is 0 Å². The van der Waals surface area contributed by atoms with Gasteiger partial charge in [0.15, 0.2) is 0 Å². The summed E-state index contributed by atoms with van der Waals surface area (Å²) in [5.74, 6) is 0.284. The number of hydrogen-bond donors (Lipinski definition) is 2. The number of carbonyl (C=O) groups excluding carboxylic acids is 1. The van der Waals surface area contributed by atoms with Crippen molar-refractivity contribution in [1.82, 2.24) is 5.32 Å². The molecule has 0 aliphatic carbocycles. The monoisotopic (exact) mass is 327 g/mol. The SMILES string of the molecule is CC(C)CNC(=O)c1cccc(NCc2cccc([N+](=O)[O-])c2)c1. The van der Waals surface area contributed by atoms with Crippen molar-refractivity contribution in [2.75, 3.05) is 11.9 Å². The number of hydrogen-bond acceptors (Lipinski definition) is 4. The molecule has 0 fully saturated rings. The van der Waals surface area contributed by atoms with Crippen molar-refractivity contribution in [3.05, 3.63) is 69.8 Å². The molecule has 0 saturated carbocycles. The second-order valence-corrected chi connectivity index (χ2v) is 5.97. The highest BCUT2D eigenvalue weighted by Gasteiger charge is 2.08. The fraction of sp³-hybridized carbons (Fsp3) is 0.278. The molecular weight excluding hydrogens is 306 g/mol. The molecule has 0 heterocycles. The first-order valence-corrected chi connectivity index (χ1v) is 7.81. The van der Waals surface area contributed by atoms with E-state index >= 15 is 0 Å². The van der Waals surface area contributed by atoms with Crippen LogP contribution in [0.1, 0.15) is 29.8 Å². The molecule has 0 bridgehead atoms. The zero-order valence-corrected chi connectivity index (χ0v) is 13.8. The van der Waals surface area contributed by atoms with Crippen LogP contribution in [0.4, 0.5) is 11.4 Å². The number of nitro benzene ring substituents is 1. The minimum Gasteiger partial charge on any atom is -0.381 e. The van der Waals surface area contributed by atoms with Crippen LogP contribution >= 0.6 is 0 Å². The molecule has 126 valence electrons. The molecule has 0 aliphatic heterocycles. The molecule has 0 unspecified atom stereocenters. The fourth-order valence-corrected chi connectivity index (χ4v) is 2.15. The lowest BCUT2D eigenvalue weighted by Gasteiger charge is -2.10. The third kappa shape index (κ3) is 5.08. The molecule has 0 radical (unpaired) electrons. The zero-order valence-electron chi connectivity index (χ0n) is 13.8. The molecule has 0 aromatic heterocycles. The smallest absolute Gasteiger partial charge is 0.269 e. The summed E-state index contributed by atoms with van der Waals surface area (Å²) in [7, 11) is 0. The maximum absolute atomic E-state index is 12.1. The van der Waals surface area contributed by atoms with Gasteiger partial charge in [-0.1, -0.05) is 32.0 Å². The van der Waals surface area contributed by atoms with Crippen molar-refractivity contribution < 1.29 is 9.72 Å². The molecular formula is C18H21N3O3. The maximum atomic E-state index is 12.1. The van der Waals surface area contributed by atoms with Crippen molar-refractivity contribution in [1.29, 1.82) is 0 Å². The Morgan fingerprint density at radius 1 is 1.17 bits per heavy atom. The normalized spacial score (nSPS) is 10.5. The highest BCUT2D eigenvalue weighted by atomic mass is 16.6. The average molecular weight is 327 g/mol. The van der Waals surface area contributed by atoms with E-state index in [9.17, 15) is 14.9 Å². The van der Waals surface area contributed by atoms with E-state index in [4.69, 9.17) is 0 Å². The van der Waals surface area contributed by atoms with E-state index in [0.29, 0.717) is 24.6 Å². The van der Waals surface area contributed by atoms with Gasteiger partial charge >= 0.3 is 0 Å². The first-order chi connectivity index (χ1) is 11.5. The minimum absolute atomic E-state index is 0.0658. The lowest BCUT2D eigenvalue weighted by molar-refractivity contribution is -0.384. The van der Waals surface area contributed by atoms with Gasteiger partial charge in [0.05, 0.1) is 4.92 Å². The van der Waals surface area contributed by atoms with Gasteiger partial charge in [0.25, 0.3) is 11.6 Å². The Labute approximate surface area is 141 Å². The minimum atomic E-state index is -0.414. The van der Waals surface area contributed by atoms with E-state index in [1.165, 1.54) is 12.1 Å². The number of anilines is 1. The second kappa shape index (κ2) is 8.10.